The molecule has 1 aromatic carbocycles. The van der Waals surface area contributed by atoms with Gasteiger partial charge in [-0.3, -0.25) is 9.59 Å². The fourth-order valence-electron chi connectivity index (χ4n) is 3.96. The molecule has 0 saturated heterocycles. The molecule has 1 amide bonds. The summed E-state index contributed by atoms with van der Waals surface area (Å²) in [6.45, 7) is 1.90. The molecule has 3 aromatic rings. The summed E-state index contributed by atoms with van der Waals surface area (Å²) >= 11 is 0. The molecule has 2 N–H and O–H groups in total. The number of fused-ring (bicyclic) bond motifs is 1. The van der Waals surface area contributed by atoms with Crippen molar-refractivity contribution in [2.24, 2.45) is 0 Å². The summed E-state index contributed by atoms with van der Waals surface area (Å²) in [5, 5.41) is 0.600. The number of amides is 1. The predicted octanol–water partition coefficient (Wildman–Crippen LogP) is 3.22. The first kappa shape index (κ1) is 21.8. The SMILES string of the molecule is Cc1ccc2c(c1)c(-c1ccc[nH]c1=O)c(C(=O)NS(C)(=O)=O)n2CC1=CC=CCC1F. The Morgan fingerprint density at radius 3 is 2.78 bits per heavy atom. The Morgan fingerprint density at radius 2 is 2.09 bits per heavy atom. The van der Waals surface area contributed by atoms with Gasteiger partial charge in [0.05, 0.1) is 6.26 Å². The van der Waals surface area contributed by atoms with Gasteiger partial charge in [-0.05, 0) is 36.8 Å². The number of allylic oxidation sites excluding steroid dienone is 4. The zero-order chi connectivity index (χ0) is 23.0. The van der Waals surface area contributed by atoms with E-state index in [1.165, 1.54) is 6.20 Å². The van der Waals surface area contributed by atoms with Crippen LogP contribution in [-0.2, 0) is 16.6 Å². The van der Waals surface area contributed by atoms with E-state index >= 15 is 0 Å². The van der Waals surface area contributed by atoms with Crippen LogP contribution in [0.3, 0.4) is 0 Å². The highest BCUT2D eigenvalue weighted by atomic mass is 32.2. The Hall–Kier alpha value is -3.46. The highest BCUT2D eigenvalue weighted by Crippen LogP contribution is 2.35. The van der Waals surface area contributed by atoms with Crippen molar-refractivity contribution in [3.8, 4) is 11.1 Å². The zero-order valence-electron chi connectivity index (χ0n) is 17.6. The Morgan fingerprint density at radius 1 is 1.31 bits per heavy atom. The van der Waals surface area contributed by atoms with Gasteiger partial charge in [-0.15, -0.1) is 0 Å². The summed E-state index contributed by atoms with van der Waals surface area (Å²) in [4.78, 5) is 28.5. The summed E-state index contributed by atoms with van der Waals surface area (Å²) in [5.74, 6) is -0.887. The molecule has 9 heteroatoms. The molecule has 0 radical (unpaired) electrons. The number of nitrogens with one attached hydrogen (secondary N) is 2. The topological polar surface area (TPSA) is 101 Å². The van der Waals surface area contributed by atoms with Crippen LogP contribution in [0.15, 0.2) is 65.1 Å². The van der Waals surface area contributed by atoms with Crippen molar-refractivity contribution in [2.45, 2.75) is 26.1 Å². The van der Waals surface area contributed by atoms with E-state index in [9.17, 15) is 22.4 Å². The minimum absolute atomic E-state index is 0.0182. The molecule has 1 unspecified atom stereocenters. The molecule has 1 atom stereocenters. The maximum Gasteiger partial charge on any atom is 0.282 e. The quantitative estimate of drug-likeness (QED) is 0.617. The van der Waals surface area contributed by atoms with E-state index in [0.717, 1.165) is 11.8 Å². The van der Waals surface area contributed by atoms with Crippen molar-refractivity contribution in [3.05, 3.63) is 81.9 Å². The molecule has 0 saturated carbocycles. The first-order chi connectivity index (χ1) is 15.2. The van der Waals surface area contributed by atoms with Crippen molar-refractivity contribution in [3.63, 3.8) is 0 Å². The van der Waals surface area contributed by atoms with E-state index in [1.54, 1.807) is 41.0 Å². The molecule has 0 spiro atoms. The van der Waals surface area contributed by atoms with E-state index < -0.39 is 27.7 Å². The molecule has 2 heterocycles. The van der Waals surface area contributed by atoms with Crippen LogP contribution < -0.4 is 10.3 Å². The molecule has 1 aliphatic carbocycles. The minimum atomic E-state index is -3.89. The average molecular weight is 456 g/mol. The van der Waals surface area contributed by atoms with Gasteiger partial charge >= 0.3 is 0 Å². The number of carbonyl (C=O) groups is 1. The number of nitrogens with zero attached hydrogens (tertiary/aromatic N) is 1. The maximum atomic E-state index is 14.6. The highest BCUT2D eigenvalue weighted by molar-refractivity contribution is 7.89. The van der Waals surface area contributed by atoms with Gasteiger partial charge in [0, 0.05) is 41.2 Å². The number of sulfonamides is 1. The highest BCUT2D eigenvalue weighted by Gasteiger charge is 2.28. The van der Waals surface area contributed by atoms with Gasteiger partial charge in [-0.1, -0.05) is 29.9 Å². The lowest BCUT2D eigenvalue weighted by molar-refractivity contribution is 0.0974. The third-order valence-electron chi connectivity index (χ3n) is 5.33. The summed E-state index contributed by atoms with van der Waals surface area (Å²) in [6, 6.07) is 8.65. The van der Waals surface area contributed by atoms with Gasteiger partial charge < -0.3 is 9.55 Å². The third kappa shape index (κ3) is 4.16. The fraction of sp³-hybridized carbons (Fsp3) is 0.217. The Labute approximate surface area is 184 Å². The molecular weight excluding hydrogens is 433 g/mol. The van der Waals surface area contributed by atoms with Crippen LogP contribution in [0.25, 0.3) is 22.0 Å². The summed E-state index contributed by atoms with van der Waals surface area (Å²) < 4.78 is 41.9. The second kappa shape index (κ2) is 8.23. The lowest BCUT2D eigenvalue weighted by Crippen LogP contribution is -2.32. The molecule has 1 aliphatic rings. The van der Waals surface area contributed by atoms with Crippen LogP contribution in [0.4, 0.5) is 4.39 Å². The normalized spacial score (nSPS) is 16.2. The van der Waals surface area contributed by atoms with Crippen molar-refractivity contribution in [1.29, 1.82) is 0 Å². The number of pyridine rings is 1. The van der Waals surface area contributed by atoms with Crippen LogP contribution in [0.2, 0.25) is 0 Å². The number of carbonyl (C=O) groups excluding carboxylic acids is 1. The number of hydrogen-bond donors (Lipinski definition) is 2. The standard InChI is InChI=1S/C23H22FN3O4S/c1-14-9-10-19-17(12-14)20(16-7-5-11-25-22(16)28)21(23(29)26-32(2,30)31)27(19)13-15-6-3-4-8-18(15)24/h3-7,9-12,18H,8,13H2,1-2H3,(H,25,28)(H,26,29). The van der Waals surface area contributed by atoms with Gasteiger partial charge in [0.25, 0.3) is 11.5 Å². The third-order valence-corrected chi connectivity index (χ3v) is 5.89. The van der Waals surface area contributed by atoms with Gasteiger partial charge in [0.2, 0.25) is 10.0 Å². The number of H-pyrrole nitrogens is 1. The van der Waals surface area contributed by atoms with E-state index in [-0.39, 0.29) is 24.2 Å². The molecule has 4 rings (SSSR count). The Bertz CT molecular complexity index is 1450. The Balaban J connectivity index is 2.07. The first-order valence-electron chi connectivity index (χ1n) is 9.98. The number of alkyl halides is 1. The molecule has 32 heavy (non-hydrogen) atoms. The van der Waals surface area contributed by atoms with Crippen LogP contribution in [0, 0.1) is 6.92 Å². The van der Waals surface area contributed by atoms with Gasteiger partial charge in [-0.2, -0.15) is 0 Å². The van der Waals surface area contributed by atoms with E-state index in [1.807, 2.05) is 23.8 Å². The monoisotopic (exact) mass is 455 g/mol. The molecule has 0 aliphatic heterocycles. The first-order valence-corrected chi connectivity index (χ1v) is 11.9. The number of halogens is 1. The molecular formula is C23H22FN3O4S. The van der Waals surface area contributed by atoms with E-state index in [2.05, 4.69) is 4.98 Å². The average Bonchev–Trinajstić information content (AvgIpc) is 3.02. The second-order valence-corrected chi connectivity index (χ2v) is 9.57. The van der Waals surface area contributed by atoms with Gasteiger partial charge in [0.1, 0.15) is 11.9 Å². The van der Waals surface area contributed by atoms with Crippen LogP contribution in [-0.4, -0.2) is 36.3 Å². The summed E-state index contributed by atoms with van der Waals surface area (Å²) in [5.41, 5.74) is 2.01. The molecule has 0 fully saturated rings. The number of aromatic amines is 1. The number of rotatable bonds is 5. The lowest BCUT2D eigenvalue weighted by atomic mass is 10.0. The number of aromatic nitrogens is 2. The Kier molecular flexibility index (Phi) is 5.60. The predicted molar refractivity (Wildman–Crippen MR) is 122 cm³/mol. The smallest absolute Gasteiger partial charge is 0.282 e. The lowest BCUT2D eigenvalue weighted by Gasteiger charge is -2.18. The zero-order valence-corrected chi connectivity index (χ0v) is 18.4. The van der Waals surface area contributed by atoms with Crippen LogP contribution in [0.1, 0.15) is 22.5 Å². The minimum Gasteiger partial charge on any atom is -0.332 e. The molecule has 166 valence electrons. The van der Waals surface area contributed by atoms with Gasteiger partial charge in [-0.25, -0.2) is 17.5 Å². The van der Waals surface area contributed by atoms with E-state index in [0.29, 0.717) is 22.0 Å². The maximum absolute atomic E-state index is 14.6. The van der Waals surface area contributed by atoms with E-state index in [4.69, 9.17) is 0 Å². The van der Waals surface area contributed by atoms with Crippen LogP contribution in [0.5, 0.6) is 0 Å². The van der Waals surface area contributed by atoms with Crippen LogP contribution >= 0.6 is 0 Å². The van der Waals surface area contributed by atoms with Crippen molar-refractivity contribution >= 4 is 26.8 Å². The largest absolute Gasteiger partial charge is 0.332 e. The molecule has 7 nitrogen and oxygen atoms in total. The summed E-state index contributed by atoms with van der Waals surface area (Å²) in [7, 11) is -3.89. The number of aryl methyl sites for hydroxylation is 1. The van der Waals surface area contributed by atoms with Crippen molar-refractivity contribution < 1.29 is 17.6 Å². The molecule has 0 bridgehead atoms. The summed E-state index contributed by atoms with van der Waals surface area (Å²) in [6.07, 6.45) is 6.47. The number of benzene rings is 1. The van der Waals surface area contributed by atoms with Gasteiger partial charge in [0.15, 0.2) is 0 Å². The fourth-order valence-corrected chi connectivity index (χ4v) is 4.39. The number of hydrogen-bond acceptors (Lipinski definition) is 4. The van der Waals surface area contributed by atoms with Crippen molar-refractivity contribution in [1.82, 2.24) is 14.3 Å². The second-order valence-electron chi connectivity index (χ2n) is 7.82. The molecule has 2 aromatic heterocycles. The van der Waals surface area contributed by atoms with Crippen molar-refractivity contribution in [2.75, 3.05) is 6.26 Å².